The van der Waals surface area contributed by atoms with E-state index in [1.54, 1.807) is 37.5 Å². The average molecular weight is 417 g/mol. The van der Waals surface area contributed by atoms with Crippen molar-refractivity contribution in [2.45, 2.75) is 13.8 Å². The van der Waals surface area contributed by atoms with Gasteiger partial charge in [-0.2, -0.15) is 0 Å². The molecule has 0 saturated heterocycles. The van der Waals surface area contributed by atoms with Crippen molar-refractivity contribution in [2.24, 2.45) is 0 Å². The van der Waals surface area contributed by atoms with Crippen molar-refractivity contribution in [1.82, 2.24) is 0 Å². The first-order valence-electron chi connectivity index (χ1n) is 10.1. The highest BCUT2D eigenvalue weighted by atomic mass is 16.5. The molecule has 158 valence electrons. The summed E-state index contributed by atoms with van der Waals surface area (Å²) in [7, 11) is 1.55. The summed E-state index contributed by atoms with van der Waals surface area (Å²) in [6.07, 6.45) is 3.37. The first-order chi connectivity index (χ1) is 15.0. The van der Waals surface area contributed by atoms with Gasteiger partial charge in [-0.15, -0.1) is 0 Å². The van der Waals surface area contributed by atoms with Gasteiger partial charge in [-0.25, -0.2) is 9.59 Å². The Balaban J connectivity index is 1.75. The zero-order valence-electron chi connectivity index (χ0n) is 17.7. The molecule has 0 amide bonds. The van der Waals surface area contributed by atoms with Gasteiger partial charge in [0.1, 0.15) is 16.9 Å². The van der Waals surface area contributed by atoms with Gasteiger partial charge in [-0.3, -0.25) is 0 Å². The van der Waals surface area contributed by atoms with Crippen LogP contribution in [0.3, 0.4) is 0 Å². The zero-order valence-corrected chi connectivity index (χ0v) is 17.7. The van der Waals surface area contributed by atoms with Crippen LogP contribution in [0.1, 0.15) is 25.0 Å². The number of fused-ring (bicyclic) bond motifs is 2. The molecule has 31 heavy (non-hydrogen) atoms. The summed E-state index contributed by atoms with van der Waals surface area (Å²) in [5.41, 5.74) is 2.11. The van der Waals surface area contributed by atoms with E-state index < -0.39 is 11.3 Å². The van der Waals surface area contributed by atoms with Crippen LogP contribution in [0, 0.1) is 0 Å². The topological polar surface area (TPSA) is 72.9 Å². The molecule has 0 aliphatic heterocycles. The standard InChI is InChI=1S/C25H23NO5/c1-4-26(5-2)19-9-8-17-12-18(25(28)31-22(17)14-19)7-6-16-13-24(27)30-23-15-20(29-3)10-11-21(16)23/h6-15H,4-5H2,1-3H3/b7-6+. The molecule has 2 aromatic carbocycles. The molecule has 0 atom stereocenters. The molecule has 0 N–H and O–H groups in total. The third-order valence-corrected chi connectivity index (χ3v) is 5.30. The van der Waals surface area contributed by atoms with Gasteiger partial charge in [0, 0.05) is 47.7 Å². The van der Waals surface area contributed by atoms with Crippen molar-refractivity contribution in [1.29, 1.82) is 0 Å². The number of benzene rings is 2. The molecular weight excluding hydrogens is 394 g/mol. The molecular formula is C25H23NO5. The quantitative estimate of drug-likeness (QED) is 0.415. The summed E-state index contributed by atoms with van der Waals surface area (Å²) < 4.78 is 16.0. The van der Waals surface area contributed by atoms with Gasteiger partial charge >= 0.3 is 11.3 Å². The van der Waals surface area contributed by atoms with E-state index in [4.69, 9.17) is 13.6 Å². The number of hydrogen-bond donors (Lipinski definition) is 0. The minimum atomic E-state index is -0.477. The summed E-state index contributed by atoms with van der Waals surface area (Å²) in [5, 5.41) is 1.57. The fourth-order valence-electron chi connectivity index (χ4n) is 3.63. The van der Waals surface area contributed by atoms with Crippen molar-refractivity contribution in [3.8, 4) is 5.75 Å². The maximum absolute atomic E-state index is 12.6. The minimum absolute atomic E-state index is 0.401. The number of anilines is 1. The first kappa shape index (κ1) is 20.5. The van der Waals surface area contributed by atoms with Crippen LogP contribution in [0.5, 0.6) is 5.75 Å². The molecule has 0 radical (unpaired) electrons. The van der Waals surface area contributed by atoms with Crippen molar-refractivity contribution < 1.29 is 13.6 Å². The lowest BCUT2D eigenvalue weighted by atomic mass is 10.1. The van der Waals surface area contributed by atoms with E-state index in [1.165, 1.54) is 6.07 Å². The van der Waals surface area contributed by atoms with E-state index in [9.17, 15) is 9.59 Å². The average Bonchev–Trinajstić information content (AvgIpc) is 2.77. The molecule has 0 aliphatic carbocycles. The Hall–Kier alpha value is -3.80. The minimum Gasteiger partial charge on any atom is -0.497 e. The van der Waals surface area contributed by atoms with Gasteiger partial charge in [0.25, 0.3) is 0 Å². The number of hydrogen-bond acceptors (Lipinski definition) is 6. The molecule has 4 aromatic rings. The molecule has 0 saturated carbocycles. The SMILES string of the molecule is CCN(CC)c1ccc2cc(/C=C/c3cc(=O)oc4cc(OC)ccc34)c(=O)oc2c1. The fourth-order valence-corrected chi connectivity index (χ4v) is 3.63. The molecule has 0 fully saturated rings. The first-order valence-corrected chi connectivity index (χ1v) is 10.1. The smallest absolute Gasteiger partial charge is 0.343 e. The molecule has 0 bridgehead atoms. The maximum Gasteiger partial charge on any atom is 0.343 e. The second-order valence-electron chi connectivity index (χ2n) is 7.10. The van der Waals surface area contributed by atoms with Crippen LogP contribution in [0.15, 0.2) is 67.0 Å². The number of nitrogens with zero attached hydrogens (tertiary/aromatic N) is 1. The van der Waals surface area contributed by atoms with E-state index in [0.29, 0.717) is 28.0 Å². The Labute approximate surface area is 179 Å². The normalized spacial score (nSPS) is 11.5. The van der Waals surface area contributed by atoms with Crippen LogP contribution in [-0.2, 0) is 0 Å². The second-order valence-corrected chi connectivity index (χ2v) is 7.10. The zero-order chi connectivity index (χ0) is 22.0. The Morgan fingerprint density at radius 1 is 0.871 bits per heavy atom. The van der Waals surface area contributed by atoms with E-state index in [1.807, 2.05) is 24.3 Å². The molecule has 0 spiro atoms. The lowest BCUT2D eigenvalue weighted by Crippen LogP contribution is -2.21. The van der Waals surface area contributed by atoms with Crippen molar-refractivity contribution in [2.75, 3.05) is 25.1 Å². The summed E-state index contributed by atoms with van der Waals surface area (Å²) in [5.74, 6) is 0.594. The van der Waals surface area contributed by atoms with Crippen LogP contribution < -0.4 is 20.9 Å². The Kier molecular flexibility index (Phi) is 5.62. The molecule has 0 aliphatic rings. The third-order valence-electron chi connectivity index (χ3n) is 5.30. The highest BCUT2D eigenvalue weighted by Gasteiger charge is 2.09. The molecule has 2 aromatic heterocycles. The van der Waals surface area contributed by atoms with Gasteiger partial charge in [-0.05, 0) is 55.8 Å². The van der Waals surface area contributed by atoms with E-state index >= 15 is 0 Å². The lowest BCUT2D eigenvalue weighted by Gasteiger charge is -2.20. The third kappa shape index (κ3) is 4.10. The van der Waals surface area contributed by atoms with Crippen molar-refractivity contribution in [3.05, 3.63) is 80.5 Å². The van der Waals surface area contributed by atoms with Gasteiger partial charge in [0.2, 0.25) is 0 Å². The Morgan fingerprint density at radius 2 is 1.65 bits per heavy atom. The Morgan fingerprint density at radius 3 is 2.39 bits per heavy atom. The van der Waals surface area contributed by atoms with Crippen LogP contribution in [-0.4, -0.2) is 20.2 Å². The van der Waals surface area contributed by atoms with Crippen molar-refractivity contribution >= 4 is 39.8 Å². The second kappa shape index (κ2) is 8.52. The number of rotatable bonds is 6. The number of ether oxygens (including phenoxy) is 1. The molecule has 0 unspecified atom stereocenters. The fraction of sp³-hybridized carbons (Fsp3) is 0.200. The van der Waals surface area contributed by atoms with Crippen LogP contribution in [0.4, 0.5) is 5.69 Å². The molecule has 6 heteroatoms. The van der Waals surface area contributed by atoms with Crippen LogP contribution >= 0.6 is 0 Å². The summed E-state index contributed by atoms with van der Waals surface area (Å²) in [6, 6.07) is 14.3. The monoisotopic (exact) mass is 417 g/mol. The van der Waals surface area contributed by atoms with Gasteiger partial charge in [0.15, 0.2) is 0 Å². The molecule has 4 rings (SSSR count). The predicted molar refractivity (Wildman–Crippen MR) is 124 cm³/mol. The van der Waals surface area contributed by atoms with E-state index in [2.05, 4.69) is 18.7 Å². The van der Waals surface area contributed by atoms with Crippen LogP contribution in [0.25, 0.3) is 34.1 Å². The largest absolute Gasteiger partial charge is 0.497 e. The molecule has 6 nitrogen and oxygen atoms in total. The highest BCUT2D eigenvalue weighted by molar-refractivity contribution is 5.90. The summed E-state index contributed by atoms with van der Waals surface area (Å²) in [4.78, 5) is 26.7. The summed E-state index contributed by atoms with van der Waals surface area (Å²) >= 11 is 0. The van der Waals surface area contributed by atoms with Gasteiger partial charge < -0.3 is 18.5 Å². The van der Waals surface area contributed by atoms with E-state index in [0.717, 1.165) is 29.5 Å². The highest BCUT2D eigenvalue weighted by Crippen LogP contribution is 2.25. The molecule has 2 heterocycles. The summed E-state index contributed by atoms with van der Waals surface area (Å²) in [6.45, 7) is 5.92. The van der Waals surface area contributed by atoms with Gasteiger partial charge in [0.05, 0.1) is 12.7 Å². The lowest BCUT2D eigenvalue weighted by molar-refractivity contribution is 0.414. The maximum atomic E-state index is 12.6. The van der Waals surface area contributed by atoms with E-state index in [-0.39, 0.29) is 0 Å². The predicted octanol–water partition coefficient (Wildman–Crippen LogP) is 4.92. The number of methoxy groups -OCH3 is 1. The van der Waals surface area contributed by atoms with Gasteiger partial charge in [-0.1, -0.05) is 6.08 Å². The Bertz CT molecular complexity index is 1390. The van der Waals surface area contributed by atoms with Crippen LogP contribution in [0.2, 0.25) is 0 Å². The van der Waals surface area contributed by atoms with Crippen molar-refractivity contribution in [3.63, 3.8) is 0 Å².